The van der Waals surface area contributed by atoms with Gasteiger partial charge in [-0.3, -0.25) is 0 Å². The number of aryl methyl sites for hydroxylation is 1. The third-order valence-electron chi connectivity index (χ3n) is 6.82. The van der Waals surface area contributed by atoms with Crippen LogP contribution in [0.2, 0.25) is 0 Å². The van der Waals surface area contributed by atoms with E-state index in [1.807, 2.05) is 4.90 Å². The average Bonchev–Trinajstić information content (AvgIpc) is 3.35. The number of rotatable bonds is 7. The van der Waals surface area contributed by atoms with Gasteiger partial charge in [0.1, 0.15) is 22.8 Å². The van der Waals surface area contributed by atoms with Gasteiger partial charge in [0.25, 0.3) is 0 Å². The van der Waals surface area contributed by atoms with Crippen LogP contribution in [0.5, 0.6) is 5.75 Å². The highest BCUT2D eigenvalue weighted by atomic mass is 32.2. The molecule has 0 amide bonds. The number of alkyl halides is 2. The molecule has 2 atom stereocenters. The van der Waals surface area contributed by atoms with Crippen LogP contribution < -0.4 is 15.0 Å². The Morgan fingerprint density at radius 1 is 1.21 bits per heavy atom. The summed E-state index contributed by atoms with van der Waals surface area (Å²) < 4.78 is 41.8. The molecule has 5 rings (SSSR count). The van der Waals surface area contributed by atoms with Gasteiger partial charge in [0.05, 0.1) is 18.7 Å². The minimum Gasteiger partial charge on any atom is -0.611 e. The first-order valence-corrected chi connectivity index (χ1v) is 12.3. The second kappa shape index (κ2) is 8.53. The molecule has 178 valence electrons. The second-order valence-electron chi connectivity index (χ2n) is 8.97. The zero-order chi connectivity index (χ0) is 23.2. The Hall–Kier alpha value is -2.21. The Labute approximate surface area is 193 Å². The first kappa shape index (κ1) is 22.6. The lowest BCUT2D eigenvalue weighted by molar-refractivity contribution is -0.0498. The molecule has 11 heteroatoms. The number of halogens is 2. The predicted molar refractivity (Wildman–Crippen MR) is 118 cm³/mol. The van der Waals surface area contributed by atoms with E-state index in [0.29, 0.717) is 47.4 Å². The maximum atomic E-state index is 12.6. The molecule has 1 aromatic carbocycles. The number of β-amino-alcohol motifs (C(OH)–C–C–N with tert-alkyl or cyclic N) is 1. The number of nitrogens with one attached hydrogen (secondary N) is 1. The quantitative estimate of drug-likeness (QED) is 0.517. The largest absolute Gasteiger partial charge is 0.611 e. The number of aliphatic hydroxyl groups excluding tert-OH is 1. The van der Waals surface area contributed by atoms with Crippen LogP contribution in [0.1, 0.15) is 36.9 Å². The lowest BCUT2D eigenvalue weighted by atomic mass is 9.77. The number of benzene rings is 1. The normalized spacial score (nSPS) is 25.8. The number of fused-ring (bicyclic) bond motifs is 1. The van der Waals surface area contributed by atoms with Gasteiger partial charge in [-0.2, -0.15) is 13.8 Å². The van der Waals surface area contributed by atoms with Crippen molar-refractivity contribution in [3.8, 4) is 5.75 Å². The van der Waals surface area contributed by atoms with Gasteiger partial charge in [-0.15, -0.1) is 0 Å². The smallest absolute Gasteiger partial charge is 0.387 e. The van der Waals surface area contributed by atoms with Gasteiger partial charge in [-0.25, -0.2) is 4.98 Å². The average molecular weight is 481 g/mol. The first-order chi connectivity index (χ1) is 15.8. The zero-order valence-corrected chi connectivity index (χ0v) is 18.8. The molecule has 2 aromatic rings. The predicted octanol–water partition coefficient (Wildman–Crippen LogP) is 2.17. The van der Waals surface area contributed by atoms with E-state index in [4.69, 9.17) is 0 Å². The highest BCUT2D eigenvalue weighted by Gasteiger charge is 2.43. The molecule has 2 aliphatic heterocycles. The van der Waals surface area contributed by atoms with Gasteiger partial charge >= 0.3 is 6.61 Å². The summed E-state index contributed by atoms with van der Waals surface area (Å²) in [5.41, 5.74) is -0.305. The maximum absolute atomic E-state index is 12.6. The fourth-order valence-electron chi connectivity index (χ4n) is 4.73. The molecule has 2 fully saturated rings. The van der Waals surface area contributed by atoms with Crippen molar-refractivity contribution in [2.45, 2.75) is 54.8 Å². The van der Waals surface area contributed by atoms with Crippen molar-refractivity contribution < 1.29 is 28.3 Å². The van der Waals surface area contributed by atoms with Crippen molar-refractivity contribution in [3.05, 3.63) is 35.5 Å². The van der Waals surface area contributed by atoms with Gasteiger partial charge in [0, 0.05) is 13.0 Å². The summed E-state index contributed by atoms with van der Waals surface area (Å²) in [5.74, 6) is 1.47. The van der Waals surface area contributed by atoms with Crippen LogP contribution >= 0.6 is 0 Å². The lowest BCUT2D eigenvalue weighted by Crippen LogP contribution is -2.49. The van der Waals surface area contributed by atoms with Gasteiger partial charge in [-0.1, -0.05) is 12.1 Å². The number of hydrogen-bond donors (Lipinski definition) is 3. The van der Waals surface area contributed by atoms with Crippen molar-refractivity contribution in [3.63, 3.8) is 0 Å². The summed E-state index contributed by atoms with van der Waals surface area (Å²) in [4.78, 5) is 11.8. The molecule has 1 saturated carbocycles. The molecular formula is C22H26F2N4O4S. The van der Waals surface area contributed by atoms with E-state index < -0.39 is 28.9 Å². The summed E-state index contributed by atoms with van der Waals surface area (Å²) >= 11 is -1.19. The maximum Gasteiger partial charge on any atom is 0.387 e. The standard InChI is InChI=1S/C22H26F2N4O4S/c23-19(24)32-15-4-2-14(3-5-15)22(30)9-10-28(12-22)20-25-16-6-11-33(31)17(16)18(26-20)27-21(13-29)7-1-8-21/h2-5,19,29-30H,1,6-13H2,(H,25,26,27)/t22?,33-/m1/s1. The summed E-state index contributed by atoms with van der Waals surface area (Å²) in [6, 6.07) is 6.00. The van der Waals surface area contributed by atoms with Crippen LogP contribution in [0.25, 0.3) is 0 Å². The van der Waals surface area contributed by atoms with Crippen molar-refractivity contribution >= 4 is 22.9 Å². The molecule has 3 N–H and O–H groups in total. The van der Waals surface area contributed by atoms with Crippen molar-refractivity contribution in [2.24, 2.45) is 0 Å². The Bertz CT molecular complexity index is 1020. The third-order valence-corrected chi connectivity index (χ3v) is 8.28. The van der Waals surface area contributed by atoms with Crippen LogP contribution in [-0.2, 0) is 23.2 Å². The van der Waals surface area contributed by atoms with E-state index in [1.54, 1.807) is 12.1 Å². The minimum atomic E-state index is -2.90. The molecule has 3 heterocycles. The molecule has 1 aromatic heterocycles. The van der Waals surface area contributed by atoms with E-state index in [0.717, 1.165) is 25.0 Å². The fourth-order valence-corrected chi connectivity index (χ4v) is 6.04. The number of anilines is 2. The number of hydrogen-bond acceptors (Lipinski definition) is 8. The Kier molecular flexibility index (Phi) is 5.84. The molecule has 33 heavy (non-hydrogen) atoms. The number of aliphatic hydroxyl groups is 2. The van der Waals surface area contributed by atoms with Crippen LogP contribution in [0.4, 0.5) is 20.5 Å². The summed E-state index contributed by atoms with van der Waals surface area (Å²) in [7, 11) is 0. The molecule has 3 aliphatic rings. The Morgan fingerprint density at radius 3 is 2.61 bits per heavy atom. The molecule has 0 radical (unpaired) electrons. The lowest BCUT2D eigenvalue weighted by Gasteiger charge is -2.41. The van der Waals surface area contributed by atoms with E-state index in [1.165, 1.54) is 12.1 Å². The summed E-state index contributed by atoms with van der Waals surface area (Å²) in [6.45, 7) is -2.20. The highest BCUT2D eigenvalue weighted by Crippen LogP contribution is 2.40. The molecule has 1 unspecified atom stereocenters. The summed E-state index contributed by atoms with van der Waals surface area (Å²) in [5, 5.41) is 24.5. The Morgan fingerprint density at radius 2 is 1.97 bits per heavy atom. The molecule has 1 saturated heterocycles. The van der Waals surface area contributed by atoms with Crippen molar-refractivity contribution in [2.75, 3.05) is 35.7 Å². The van der Waals surface area contributed by atoms with Gasteiger partial charge in [0.15, 0.2) is 5.82 Å². The van der Waals surface area contributed by atoms with E-state index in [-0.39, 0.29) is 18.9 Å². The van der Waals surface area contributed by atoms with Crippen LogP contribution in [0.3, 0.4) is 0 Å². The van der Waals surface area contributed by atoms with Gasteiger partial charge in [-0.05, 0) is 54.6 Å². The van der Waals surface area contributed by atoms with Crippen LogP contribution in [0, 0.1) is 0 Å². The van der Waals surface area contributed by atoms with Crippen molar-refractivity contribution in [1.29, 1.82) is 0 Å². The molecule has 0 bridgehead atoms. The van der Waals surface area contributed by atoms with Gasteiger partial charge < -0.3 is 29.7 Å². The van der Waals surface area contributed by atoms with E-state index in [2.05, 4.69) is 20.0 Å². The molecule has 1 aliphatic carbocycles. The monoisotopic (exact) mass is 480 g/mol. The second-order valence-corrected chi connectivity index (χ2v) is 10.5. The first-order valence-electron chi connectivity index (χ1n) is 11.0. The number of aromatic nitrogens is 2. The minimum absolute atomic E-state index is 0.0253. The van der Waals surface area contributed by atoms with E-state index in [9.17, 15) is 23.5 Å². The number of nitrogens with zero attached hydrogens (tertiary/aromatic N) is 3. The van der Waals surface area contributed by atoms with E-state index >= 15 is 0 Å². The molecule has 0 spiro atoms. The topological polar surface area (TPSA) is 114 Å². The summed E-state index contributed by atoms with van der Waals surface area (Å²) in [6.07, 6.45) is 3.65. The molecular weight excluding hydrogens is 454 g/mol. The van der Waals surface area contributed by atoms with Gasteiger partial charge in [0.2, 0.25) is 10.8 Å². The van der Waals surface area contributed by atoms with Crippen LogP contribution in [0.15, 0.2) is 29.2 Å². The third kappa shape index (κ3) is 4.23. The van der Waals surface area contributed by atoms with Crippen molar-refractivity contribution in [1.82, 2.24) is 9.97 Å². The zero-order valence-electron chi connectivity index (χ0n) is 18.0. The number of ether oxygens (including phenoxy) is 1. The Balaban J connectivity index is 1.39. The van der Waals surface area contributed by atoms with Crippen LogP contribution in [-0.4, -0.2) is 62.3 Å². The highest BCUT2D eigenvalue weighted by molar-refractivity contribution is 7.91. The SMILES string of the molecule is [O-][S@+]1CCc2nc(N3CCC(O)(c4ccc(OC(F)F)cc4)C3)nc(NC3(CO)CCC3)c21. The molecule has 8 nitrogen and oxygen atoms in total. The fraction of sp³-hybridized carbons (Fsp3) is 0.545.